The molecule has 0 aliphatic rings. The summed E-state index contributed by atoms with van der Waals surface area (Å²) in [5.74, 6) is 1.28. The van der Waals surface area contributed by atoms with Crippen LogP contribution in [0.3, 0.4) is 0 Å². The van der Waals surface area contributed by atoms with E-state index in [2.05, 4.69) is 31.2 Å². The first-order valence-electron chi connectivity index (χ1n) is 10.9. The molecule has 186 valence electrons. The first-order valence-corrected chi connectivity index (χ1v) is 10.9. The number of hydrogen-bond acceptors (Lipinski definition) is 11. The Balaban J connectivity index is 1.62. The molecule has 4 rings (SSSR count). The molecule has 0 aliphatic heterocycles. The van der Waals surface area contributed by atoms with Crippen molar-refractivity contribution in [1.29, 1.82) is 0 Å². The van der Waals surface area contributed by atoms with Crippen molar-refractivity contribution in [3.8, 4) is 34.3 Å². The maximum absolute atomic E-state index is 13.0. The Bertz CT molecular complexity index is 1360. The summed E-state index contributed by atoms with van der Waals surface area (Å²) in [5.41, 5.74) is 9.92. The van der Waals surface area contributed by atoms with Crippen LogP contribution in [0.2, 0.25) is 0 Å². The van der Waals surface area contributed by atoms with E-state index >= 15 is 0 Å². The topological polar surface area (TPSA) is 165 Å². The number of benzene rings is 2. The Morgan fingerprint density at radius 1 is 1.14 bits per heavy atom. The summed E-state index contributed by atoms with van der Waals surface area (Å²) >= 11 is 0. The molecule has 2 aromatic heterocycles. The smallest absolute Gasteiger partial charge is 0.294 e. The average molecular weight is 492 g/mol. The summed E-state index contributed by atoms with van der Waals surface area (Å²) in [7, 11) is 3.08. The molecule has 0 aliphatic carbocycles. The Labute approximate surface area is 205 Å². The predicted octanol–water partition coefficient (Wildman–Crippen LogP) is 2.47. The van der Waals surface area contributed by atoms with Gasteiger partial charge in [-0.2, -0.15) is 9.78 Å². The molecule has 36 heavy (non-hydrogen) atoms. The molecule has 0 atom stereocenters. The second-order valence-electron chi connectivity index (χ2n) is 7.36. The number of nitrogens with one attached hydrogen (secondary N) is 1. The fourth-order valence-electron chi connectivity index (χ4n) is 3.26. The van der Waals surface area contributed by atoms with Crippen LogP contribution in [-0.2, 0) is 0 Å². The van der Waals surface area contributed by atoms with Gasteiger partial charge in [0.05, 0.1) is 27.0 Å². The molecule has 13 nitrogen and oxygen atoms in total. The number of nitrogens with two attached hydrogens (primary N) is 1. The third-order valence-corrected chi connectivity index (χ3v) is 4.97. The first kappa shape index (κ1) is 24.2. The number of anilines is 1. The lowest BCUT2D eigenvalue weighted by molar-refractivity contribution is 0.0950. The van der Waals surface area contributed by atoms with Crippen LogP contribution in [0, 0.1) is 0 Å². The van der Waals surface area contributed by atoms with E-state index in [1.54, 1.807) is 49.6 Å². The largest absolute Gasteiger partial charge is 0.494 e. The van der Waals surface area contributed by atoms with Crippen molar-refractivity contribution in [2.45, 2.75) is 13.3 Å². The molecule has 0 fully saturated rings. The van der Waals surface area contributed by atoms with Gasteiger partial charge in [0, 0.05) is 5.56 Å². The van der Waals surface area contributed by atoms with Crippen LogP contribution in [0.15, 0.2) is 52.2 Å². The normalized spacial score (nSPS) is 11.0. The molecule has 0 bridgehead atoms. The number of carbonyl (C=O) groups is 1. The molecule has 4 aromatic rings. The number of nitrogen functional groups attached to an aromatic ring is 1. The maximum atomic E-state index is 13.0. The third kappa shape index (κ3) is 5.09. The van der Waals surface area contributed by atoms with Crippen LogP contribution in [-0.4, -0.2) is 58.3 Å². The second kappa shape index (κ2) is 11.0. The van der Waals surface area contributed by atoms with Gasteiger partial charge in [0.2, 0.25) is 11.6 Å². The number of carbonyl (C=O) groups excluding carboxylic acids is 1. The number of rotatable bonds is 10. The standard InChI is InChI=1S/C23H24N8O5/c1-4-11-35-16-8-6-15(7-9-16)20-19(26-30-31(20)22-21(24)28-36-29-22)23(32)27-25-13-14-5-10-17(33-2)18(12-14)34-3/h5-10,12-13H,4,11H2,1-3H3,(H2,24,28)(H,27,32). The van der Waals surface area contributed by atoms with Gasteiger partial charge in [-0.05, 0) is 64.8 Å². The molecular weight excluding hydrogens is 468 g/mol. The van der Waals surface area contributed by atoms with Crippen LogP contribution in [0.25, 0.3) is 17.1 Å². The van der Waals surface area contributed by atoms with Gasteiger partial charge < -0.3 is 19.9 Å². The lowest BCUT2D eigenvalue weighted by Crippen LogP contribution is -2.19. The molecule has 0 unspecified atom stereocenters. The minimum atomic E-state index is -0.602. The first-order chi connectivity index (χ1) is 17.5. The average Bonchev–Trinajstić information content (AvgIpc) is 3.53. The molecule has 3 N–H and O–H groups in total. The minimum absolute atomic E-state index is 0.0101. The summed E-state index contributed by atoms with van der Waals surface area (Å²) in [6.07, 6.45) is 2.34. The van der Waals surface area contributed by atoms with E-state index in [-0.39, 0.29) is 17.3 Å². The van der Waals surface area contributed by atoms with Crippen molar-refractivity contribution in [2.24, 2.45) is 5.10 Å². The van der Waals surface area contributed by atoms with Crippen LogP contribution in [0.5, 0.6) is 17.2 Å². The molecule has 0 spiro atoms. The molecule has 13 heteroatoms. The number of methoxy groups -OCH3 is 2. The van der Waals surface area contributed by atoms with Gasteiger partial charge in [-0.3, -0.25) is 4.79 Å². The molecule has 0 saturated heterocycles. The molecule has 0 saturated carbocycles. The highest BCUT2D eigenvalue weighted by Crippen LogP contribution is 2.29. The summed E-state index contributed by atoms with van der Waals surface area (Å²) in [5, 5.41) is 19.5. The second-order valence-corrected chi connectivity index (χ2v) is 7.36. The Kier molecular flexibility index (Phi) is 7.39. The molecule has 0 radical (unpaired) electrons. The molecule has 2 aromatic carbocycles. The summed E-state index contributed by atoms with van der Waals surface area (Å²) in [6, 6.07) is 12.3. The van der Waals surface area contributed by atoms with Gasteiger partial charge >= 0.3 is 0 Å². The highest BCUT2D eigenvalue weighted by atomic mass is 16.6. The number of hydrazone groups is 1. The SMILES string of the molecule is CCCOc1ccc(-c2c(C(=O)NN=Cc3ccc(OC)c(OC)c3)nnn2-c2nonc2N)cc1. The van der Waals surface area contributed by atoms with E-state index in [4.69, 9.17) is 24.6 Å². The van der Waals surface area contributed by atoms with Crippen molar-refractivity contribution in [3.63, 3.8) is 0 Å². The fraction of sp³-hybridized carbons (Fsp3) is 0.217. The number of ether oxygens (including phenoxy) is 3. The number of amides is 1. The zero-order valence-electron chi connectivity index (χ0n) is 19.8. The van der Waals surface area contributed by atoms with Crippen molar-refractivity contribution in [3.05, 3.63) is 53.7 Å². The van der Waals surface area contributed by atoms with Crippen molar-refractivity contribution in [2.75, 3.05) is 26.6 Å². The highest BCUT2D eigenvalue weighted by molar-refractivity contribution is 5.98. The Morgan fingerprint density at radius 3 is 2.58 bits per heavy atom. The van der Waals surface area contributed by atoms with Crippen molar-refractivity contribution >= 4 is 17.9 Å². The van der Waals surface area contributed by atoms with Crippen molar-refractivity contribution < 1.29 is 23.6 Å². The predicted molar refractivity (Wildman–Crippen MR) is 129 cm³/mol. The molecule has 1 amide bonds. The van der Waals surface area contributed by atoms with E-state index in [0.717, 1.165) is 6.42 Å². The lowest BCUT2D eigenvalue weighted by Gasteiger charge is -2.08. The van der Waals surface area contributed by atoms with Crippen LogP contribution in [0.1, 0.15) is 29.4 Å². The highest BCUT2D eigenvalue weighted by Gasteiger charge is 2.25. The zero-order valence-corrected chi connectivity index (χ0v) is 19.8. The molecule has 2 heterocycles. The van der Waals surface area contributed by atoms with E-state index in [1.165, 1.54) is 18.0 Å². The summed E-state index contributed by atoms with van der Waals surface area (Å²) in [4.78, 5) is 13.0. The Hall–Kier alpha value is -4.94. The monoisotopic (exact) mass is 492 g/mol. The Morgan fingerprint density at radius 2 is 1.92 bits per heavy atom. The third-order valence-electron chi connectivity index (χ3n) is 4.97. The quantitative estimate of drug-likeness (QED) is 0.248. The lowest BCUT2D eigenvalue weighted by atomic mass is 10.1. The van der Waals surface area contributed by atoms with Crippen LogP contribution < -0.4 is 25.4 Å². The van der Waals surface area contributed by atoms with E-state index in [1.807, 2.05) is 6.92 Å². The van der Waals surface area contributed by atoms with Crippen LogP contribution >= 0.6 is 0 Å². The van der Waals surface area contributed by atoms with Gasteiger partial charge in [-0.15, -0.1) is 5.10 Å². The van der Waals surface area contributed by atoms with E-state index in [9.17, 15) is 4.79 Å². The van der Waals surface area contributed by atoms with Gasteiger partial charge in [0.25, 0.3) is 5.91 Å². The van der Waals surface area contributed by atoms with Gasteiger partial charge in [0.15, 0.2) is 17.2 Å². The van der Waals surface area contributed by atoms with Gasteiger partial charge in [-0.25, -0.2) is 10.1 Å². The number of nitrogens with zero attached hydrogens (tertiary/aromatic N) is 6. The van der Waals surface area contributed by atoms with Gasteiger partial charge in [-0.1, -0.05) is 12.1 Å². The van der Waals surface area contributed by atoms with Crippen LogP contribution in [0.4, 0.5) is 5.82 Å². The minimum Gasteiger partial charge on any atom is -0.494 e. The van der Waals surface area contributed by atoms with E-state index in [0.29, 0.717) is 40.7 Å². The maximum Gasteiger partial charge on any atom is 0.294 e. The summed E-state index contributed by atoms with van der Waals surface area (Å²) in [6.45, 7) is 2.61. The van der Waals surface area contributed by atoms with E-state index < -0.39 is 5.91 Å². The fourth-order valence-corrected chi connectivity index (χ4v) is 3.26. The molecular formula is C23H24N8O5. The number of hydrogen-bond donors (Lipinski definition) is 2. The summed E-state index contributed by atoms with van der Waals surface area (Å²) < 4.78 is 22.1. The zero-order chi connectivity index (χ0) is 25.5. The van der Waals surface area contributed by atoms with Crippen molar-refractivity contribution in [1.82, 2.24) is 30.7 Å². The number of aromatic nitrogens is 5. The van der Waals surface area contributed by atoms with Gasteiger partial charge in [0.1, 0.15) is 11.4 Å².